The summed E-state index contributed by atoms with van der Waals surface area (Å²) in [6.07, 6.45) is 5.83. The van der Waals surface area contributed by atoms with Crippen LogP contribution >= 0.6 is 0 Å². The summed E-state index contributed by atoms with van der Waals surface area (Å²) in [6.45, 7) is 0. The highest BCUT2D eigenvalue weighted by atomic mass is 32.2. The van der Waals surface area contributed by atoms with Gasteiger partial charge in [0.05, 0.1) is 5.25 Å². The molecule has 3 aliphatic rings. The monoisotopic (exact) mass is 306 g/mol. The van der Waals surface area contributed by atoms with E-state index in [0.29, 0.717) is 12.1 Å². The number of rotatable bonds is 5. The molecule has 2 N–H and O–H groups in total. The van der Waals surface area contributed by atoms with Crippen LogP contribution in [0.15, 0.2) is 24.3 Å². The van der Waals surface area contributed by atoms with Gasteiger partial charge in [-0.2, -0.15) is 0 Å². The van der Waals surface area contributed by atoms with Crippen molar-refractivity contribution < 1.29 is 8.42 Å². The molecule has 114 valence electrons. The van der Waals surface area contributed by atoms with E-state index in [1.165, 1.54) is 11.1 Å². The molecule has 0 spiro atoms. The molecule has 1 aromatic rings. The summed E-state index contributed by atoms with van der Waals surface area (Å²) in [6, 6.07) is 9.45. The number of fused-ring (bicyclic) bond motifs is 1. The molecule has 0 amide bonds. The first-order valence-corrected chi connectivity index (χ1v) is 9.50. The largest absolute Gasteiger partial charge is 0.309 e. The maximum Gasteiger partial charge on any atom is 0.214 e. The van der Waals surface area contributed by atoms with Gasteiger partial charge in [0.1, 0.15) is 0 Å². The third kappa shape index (κ3) is 2.74. The molecule has 2 atom stereocenters. The number of sulfonamides is 1. The predicted octanol–water partition coefficient (Wildman–Crippen LogP) is 1.36. The Balaban J connectivity index is 1.34. The lowest BCUT2D eigenvalue weighted by Crippen LogP contribution is -2.59. The normalized spacial score (nSPS) is 29.1. The van der Waals surface area contributed by atoms with Crippen molar-refractivity contribution in [1.29, 1.82) is 0 Å². The van der Waals surface area contributed by atoms with E-state index in [-0.39, 0.29) is 11.3 Å². The van der Waals surface area contributed by atoms with Crippen molar-refractivity contribution in [3.8, 4) is 0 Å². The second kappa shape index (κ2) is 5.07. The fourth-order valence-corrected chi connectivity index (χ4v) is 5.16. The van der Waals surface area contributed by atoms with E-state index in [1.54, 1.807) is 0 Å². The molecule has 0 aliphatic heterocycles. The Morgan fingerprint density at radius 2 is 1.52 bits per heavy atom. The Morgan fingerprint density at radius 1 is 0.905 bits per heavy atom. The van der Waals surface area contributed by atoms with Gasteiger partial charge >= 0.3 is 0 Å². The molecule has 4 rings (SSSR count). The molecule has 5 heteroatoms. The molecule has 3 aliphatic carbocycles. The number of nitrogens with one attached hydrogen (secondary N) is 2. The van der Waals surface area contributed by atoms with Gasteiger partial charge in [-0.3, -0.25) is 0 Å². The zero-order valence-corrected chi connectivity index (χ0v) is 12.9. The van der Waals surface area contributed by atoms with Crippen LogP contribution in [0.4, 0.5) is 0 Å². The Hall–Kier alpha value is -0.910. The second-order valence-electron chi connectivity index (χ2n) is 6.69. The molecule has 1 aromatic carbocycles. The van der Waals surface area contributed by atoms with Crippen molar-refractivity contribution in [3.63, 3.8) is 0 Å². The smallest absolute Gasteiger partial charge is 0.214 e. The highest BCUT2D eigenvalue weighted by Gasteiger charge is 2.41. The van der Waals surface area contributed by atoms with Crippen molar-refractivity contribution in [1.82, 2.24) is 10.0 Å². The molecule has 0 radical (unpaired) electrons. The molecule has 21 heavy (non-hydrogen) atoms. The highest BCUT2D eigenvalue weighted by Crippen LogP contribution is 2.31. The summed E-state index contributed by atoms with van der Waals surface area (Å²) in [5.41, 5.74) is 2.87. The van der Waals surface area contributed by atoms with Crippen LogP contribution in [0.25, 0.3) is 0 Å². The van der Waals surface area contributed by atoms with E-state index in [9.17, 15) is 8.42 Å². The lowest BCUT2D eigenvalue weighted by atomic mass is 9.86. The predicted molar refractivity (Wildman–Crippen MR) is 82.7 cm³/mol. The molecule has 0 unspecified atom stereocenters. The fraction of sp³-hybridized carbons (Fsp3) is 0.625. The van der Waals surface area contributed by atoms with Crippen LogP contribution in [-0.4, -0.2) is 31.8 Å². The molecule has 0 heterocycles. The van der Waals surface area contributed by atoms with Gasteiger partial charge in [0, 0.05) is 18.1 Å². The van der Waals surface area contributed by atoms with Crippen LogP contribution in [0.5, 0.6) is 0 Å². The van der Waals surface area contributed by atoms with Gasteiger partial charge in [-0.05, 0) is 49.7 Å². The van der Waals surface area contributed by atoms with E-state index in [0.717, 1.165) is 38.5 Å². The average Bonchev–Trinajstić information content (AvgIpc) is 3.22. The van der Waals surface area contributed by atoms with Crippen LogP contribution < -0.4 is 10.0 Å². The third-order valence-electron chi connectivity index (χ3n) is 5.05. The van der Waals surface area contributed by atoms with E-state index < -0.39 is 10.0 Å². The summed E-state index contributed by atoms with van der Waals surface area (Å²) in [4.78, 5) is 0. The zero-order chi connectivity index (χ0) is 14.4. The lowest BCUT2D eigenvalue weighted by molar-refractivity contribution is 0.244. The summed E-state index contributed by atoms with van der Waals surface area (Å²) < 4.78 is 26.9. The van der Waals surface area contributed by atoms with E-state index >= 15 is 0 Å². The van der Waals surface area contributed by atoms with Crippen LogP contribution in [0.1, 0.15) is 36.8 Å². The molecule has 2 saturated carbocycles. The second-order valence-corrected chi connectivity index (χ2v) is 8.69. The van der Waals surface area contributed by atoms with Crippen LogP contribution in [0, 0.1) is 0 Å². The van der Waals surface area contributed by atoms with Crippen molar-refractivity contribution in [3.05, 3.63) is 35.4 Å². The minimum atomic E-state index is -3.06. The Morgan fingerprint density at radius 3 is 2.05 bits per heavy atom. The van der Waals surface area contributed by atoms with Crippen LogP contribution in [-0.2, 0) is 22.9 Å². The topological polar surface area (TPSA) is 58.2 Å². The Kier molecular flexibility index (Phi) is 3.32. The Labute approximate surface area is 126 Å². The SMILES string of the molecule is O=S(=O)(N[C@@H]1CC[C@@H]1NC1Cc2ccccc2C1)C1CC1. The molecule has 0 bridgehead atoms. The first-order chi connectivity index (χ1) is 10.1. The Bertz CT molecular complexity index is 614. The number of benzene rings is 1. The van der Waals surface area contributed by atoms with Gasteiger partial charge in [-0.15, -0.1) is 0 Å². The fourth-order valence-electron chi connectivity index (χ4n) is 3.51. The summed E-state index contributed by atoms with van der Waals surface area (Å²) in [5.74, 6) is 0. The van der Waals surface area contributed by atoms with Gasteiger partial charge in [-0.1, -0.05) is 24.3 Å². The lowest BCUT2D eigenvalue weighted by Gasteiger charge is -2.39. The van der Waals surface area contributed by atoms with Gasteiger partial charge in [-0.25, -0.2) is 13.1 Å². The molecule has 2 fully saturated rings. The maximum absolute atomic E-state index is 12.0. The van der Waals surface area contributed by atoms with Crippen molar-refractivity contribution in [2.24, 2.45) is 0 Å². The van der Waals surface area contributed by atoms with E-state index in [1.807, 2.05) is 0 Å². The molecule has 0 saturated heterocycles. The first-order valence-electron chi connectivity index (χ1n) is 7.96. The molecular formula is C16H22N2O2S. The summed E-state index contributed by atoms with van der Waals surface area (Å²) in [5, 5.41) is 3.55. The summed E-state index contributed by atoms with van der Waals surface area (Å²) >= 11 is 0. The minimum Gasteiger partial charge on any atom is -0.309 e. The average molecular weight is 306 g/mol. The van der Waals surface area contributed by atoms with Crippen LogP contribution in [0.2, 0.25) is 0 Å². The number of hydrogen-bond acceptors (Lipinski definition) is 3. The van der Waals surface area contributed by atoms with E-state index in [4.69, 9.17) is 0 Å². The highest BCUT2D eigenvalue weighted by molar-refractivity contribution is 7.90. The minimum absolute atomic E-state index is 0.0966. The van der Waals surface area contributed by atoms with Gasteiger partial charge < -0.3 is 5.32 Å². The van der Waals surface area contributed by atoms with E-state index in [2.05, 4.69) is 34.3 Å². The zero-order valence-electron chi connectivity index (χ0n) is 12.1. The third-order valence-corrected chi connectivity index (χ3v) is 7.03. The van der Waals surface area contributed by atoms with Crippen molar-refractivity contribution >= 4 is 10.0 Å². The van der Waals surface area contributed by atoms with Crippen molar-refractivity contribution in [2.45, 2.75) is 61.9 Å². The molecular weight excluding hydrogens is 284 g/mol. The maximum atomic E-state index is 12.0. The van der Waals surface area contributed by atoms with Crippen LogP contribution in [0.3, 0.4) is 0 Å². The summed E-state index contributed by atoms with van der Waals surface area (Å²) in [7, 11) is -3.06. The quantitative estimate of drug-likeness (QED) is 0.863. The molecule has 0 aromatic heterocycles. The van der Waals surface area contributed by atoms with Gasteiger partial charge in [0.2, 0.25) is 10.0 Å². The molecule has 4 nitrogen and oxygen atoms in total. The standard InChI is InChI=1S/C16H22N2O2S/c19-21(20,14-5-6-14)18-16-8-7-15(16)17-13-9-11-3-1-2-4-12(11)10-13/h1-4,13-18H,5-10H2/t15-,16+/m0/s1. The van der Waals surface area contributed by atoms with Gasteiger partial charge in [0.25, 0.3) is 0 Å². The van der Waals surface area contributed by atoms with Crippen molar-refractivity contribution in [2.75, 3.05) is 0 Å². The van der Waals surface area contributed by atoms with Gasteiger partial charge in [0.15, 0.2) is 0 Å². The first kappa shape index (κ1) is 13.7. The number of hydrogen-bond donors (Lipinski definition) is 2.